The molecule has 3 amide bonds. The quantitative estimate of drug-likeness (QED) is 0.592. The van der Waals surface area contributed by atoms with Crippen LogP contribution in [0.1, 0.15) is 23.2 Å². The highest BCUT2D eigenvalue weighted by atomic mass is 32.1. The molecular formula is C18H16N4O3S. The topological polar surface area (TPSA) is 83.5 Å². The zero-order valence-electron chi connectivity index (χ0n) is 13.9. The first-order valence-electron chi connectivity index (χ1n) is 8.67. The number of hydrogen-bond acceptors (Lipinski definition) is 6. The summed E-state index contributed by atoms with van der Waals surface area (Å²) in [7, 11) is 0. The molecule has 0 bridgehead atoms. The number of carbonyl (C=O) groups is 3. The third-order valence-electron chi connectivity index (χ3n) is 5.56. The van der Waals surface area contributed by atoms with Gasteiger partial charge in [-0.05, 0) is 31.0 Å². The van der Waals surface area contributed by atoms with E-state index in [-0.39, 0.29) is 35.6 Å². The van der Waals surface area contributed by atoms with Crippen LogP contribution in [0.25, 0.3) is 11.0 Å². The maximum Gasteiger partial charge on any atom is 0.254 e. The van der Waals surface area contributed by atoms with Gasteiger partial charge in [-0.2, -0.15) is 8.75 Å². The van der Waals surface area contributed by atoms with E-state index in [1.807, 2.05) is 12.2 Å². The van der Waals surface area contributed by atoms with Crippen molar-refractivity contribution in [2.45, 2.75) is 18.9 Å². The Balaban J connectivity index is 1.29. The lowest BCUT2D eigenvalue weighted by atomic mass is 9.85. The van der Waals surface area contributed by atoms with Gasteiger partial charge in [-0.3, -0.25) is 19.3 Å². The van der Waals surface area contributed by atoms with E-state index in [0.29, 0.717) is 37.0 Å². The molecule has 26 heavy (non-hydrogen) atoms. The van der Waals surface area contributed by atoms with Gasteiger partial charge in [0.15, 0.2) is 0 Å². The van der Waals surface area contributed by atoms with Crippen LogP contribution in [-0.4, -0.2) is 55.4 Å². The Hall–Kier alpha value is -2.61. The number of carbonyl (C=O) groups excluding carboxylic acids is 3. The second kappa shape index (κ2) is 5.70. The number of benzene rings is 1. The average molecular weight is 368 g/mol. The number of likely N-dealkylation sites (tertiary alicyclic amines) is 2. The molecule has 2 fully saturated rings. The molecular weight excluding hydrogens is 352 g/mol. The highest BCUT2D eigenvalue weighted by Gasteiger charge is 2.52. The van der Waals surface area contributed by atoms with Crippen LogP contribution in [0.15, 0.2) is 30.4 Å². The Bertz CT molecular complexity index is 936. The summed E-state index contributed by atoms with van der Waals surface area (Å²) in [5.41, 5.74) is 2.04. The number of allylic oxidation sites excluding steroid dienone is 2. The molecule has 0 N–H and O–H groups in total. The first kappa shape index (κ1) is 15.6. The number of amides is 3. The third-order valence-corrected chi connectivity index (χ3v) is 6.11. The Morgan fingerprint density at radius 1 is 1.00 bits per heavy atom. The van der Waals surface area contributed by atoms with Crippen molar-refractivity contribution in [3.63, 3.8) is 0 Å². The van der Waals surface area contributed by atoms with Crippen molar-refractivity contribution < 1.29 is 14.4 Å². The van der Waals surface area contributed by atoms with Crippen LogP contribution in [0.4, 0.5) is 0 Å². The van der Waals surface area contributed by atoms with Crippen LogP contribution >= 0.6 is 11.7 Å². The predicted octanol–water partition coefficient (Wildman–Crippen LogP) is 1.47. The van der Waals surface area contributed by atoms with Crippen molar-refractivity contribution in [3.05, 3.63) is 35.9 Å². The van der Waals surface area contributed by atoms with E-state index < -0.39 is 0 Å². The standard InChI is InChI=1S/C18H16N4O3S/c23-16(10-5-6-14-15(7-10)20-26-19-14)21-8-11(9-21)22-17(24)12-3-1-2-4-13(12)18(22)25/h1-2,5-7,11-13H,3-4,8-9H2/t12-,13+. The smallest absolute Gasteiger partial charge is 0.254 e. The van der Waals surface area contributed by atoms with Gasteiger partial charge in [-0.15, -0.1) is 0 Å². The first-order valence-corrected chi connectivity index (χ1v) is 9.40. The van der Waals surface area contributed by atoms with Crippen LogP contribution < -0.4 is 0 Å². The van der Waals surface area contributed by atoms with Gasteiger partial charge in [-0.1, -0.05) is 12.2 Å². The summed E-state index contributed by atoms with van der Waals surface area (Å²) in [5.74, 6) is -0.671. The van der Waals surface area contributed by atoms with Gasteiger partial charge in [-0.25, -0.2) is 0 Å². The second-order valence-electron chi connectivity index (χ2n) is 7.03. The molecule has 2 aliphatic heterocycles. The average Bonchev–Trinajstić information content (AvgIpc) is 3.18. The molecule has 0 saturated carbocycles. The summed E-state index contributed by atoms with van der Waals surface area (Å²) >= 11 is 1.12. The molecule has 3 heterocycles. The van der Waals surface area contributed by atoms with Crippen LogP contribution in [-0.2, 0) is 9.59 Å². The molecule has 8 heteroatoms. The maximum atomic E-state index is 12.6. The van der Waals surface area contributed by atoms with Gasteiger partial charge in [0.25, 0.3) is 5.91 Å². The van der Waals surface area contributed by atoms with Gasteiger partial charge in [0.2, 0.25) is 11.8 Å². The van der Waals surface area contributed by atoms with Gasteiger partial charge in [0.05, 0.1) is 29.6 Å². The van der Waals surface area contributed by atoms with E-state index in [0.717, 1.165) is 17.2 Å². The number of fused-ring (bicyclic) bond motifs is 2. The molecule has 1 aromatic carbocycles. The summed E-state index contributed by atoms with van der Waals surface area (Å²) < 4.78 is 8.29. The summed E-state index contributed by atoms with van der Waals surface area (Å²) in [5, 5.41) is 0. The van der Waals surface area contributed by atoms with Crippen LogP contribution in [0.5, 0.6) is 0 Å². The van der Waals surface area contributed by atoms with E-state index in [9.17, 15) is 14.4 Å². The second-order valence-corrected chi connectivity index (χ2v) is 7.56. The molecule has 2 aromatic rings. The lowest BCUT2D eigenvalue weighted by Gasteiger charge is -2.43. The van der Waals surface area contributed by atoms with Crippen LogP contribution in [0.2, 0.25) is 0 Å². The molecule has 3 aliphatic rings. The Kier molecular flexibility index (Phi) is 3.43. The first-order chi connectivity index (χ1) is 12.6. The van der Waals surface area contributed by atoms with Gasteiger partial charge in [0.1, 0.15) is 11.0 Å². The Morgan fingerprint density at radius 3 is 2.35 bits per heavy atom. The minimum absolute atomic E-state index is 0.0728. The lowest BCUT2D eigenvalue weighted by Crippen LogP contribution is -2.62. The van der Waals surface area contributed by atoms with Gasteiger partial charge in [0, 0.05) is 18.7 Å². The Morgan fingerprint density at radius 2 is 1.65 bits per heavy atom. The molecule has 0 radical (unpaired) electrons. The summed E-state index contributed by atoms with van der Waals surface area (Å²) in [6, 6.07) is 5.07. The minimum Gasteiger partial charge on any atom is -0.334 e. The van der Waals surface area contributed by atoms with Gasteiger partial charge < -0.3 is 4.90 Å². The van der Waals surface area contributed by atoms with E-state index in [1.54, 1.807) is 23.1 Å². The molecule has 7 nitrogen and oxygen atoms in total. The zero-order chi connectivity index (χ0) is 17.8. The van der Waals surface area contributed by atoms with Crippen LogP contribution in [0, 0.1) is 11.8 Å². The monoisotopic (exact) mass is 368 g/mol. The fraction of sp³-hybridized carbons (Fsp3) is 0.389. The highest BCUT2D eigenvalue weighted by Crippen LogP contribution is 2.37. The van der Waals surface area contributed by atoms with Crippen LogP contribution in [0.3, 0.4) is 0 Å². The van der Waals surface area contributed by atoms with Crippen molar-refractivity contribution in [1.82, 2.24) is 18.5 Å². The number of rotatable bonds is 2. The molecule has 132 valence electrons. The predicted molar refractivity (Wildman–Crippen MR) is 94.3 cm³/mol. The number of nitrogens with zero attached hydrogens (tertiary/aromatic N) is 4. The fourth-order valence-corrected chi connectivity index (χ4v) is 4.59. The van der Waals surface area contributed by atoms with Crippen molar-refractivity contribution >= 4 is 40.5 Å². The van der Waals surface area contributed by atoms with Crippen molar-refractivity contribution in [2.24, 2.45) is 11.8 Å². The molecule has 2 saturated heterocycles. The molecule has 1 aromatic heterocycles. The van der Waals surface area contributed by atoms with E-state index in [1.165, 1.54) is 4.90 Å². The highest BCUT2D eigenvalue weighted by molar-refractivity contribution is 7.00. The molecule has 0 unspecified atom stereocenters. The number of imide groups is 1. The van der Waals surface area contributed by atoms with E-state index in [4.69, 9.17) is 0 Å². The maximum absolute atomic E-state index is 12.6. The molecule has 1 aliphatic carbocycles. The van der Waals surface area contributed by atoms with Crippen molar-refractivity contribution in [2.75, 3.05) is 13.1 Å². The number of hydrogen-bond donors (Lipinski definition) is 0. The largest absolute Gasteiger partial charge is 0.334 e. The Labute approximate surface area is 153 Å². The zero-order valence-corrected chi connectivity index (χ0v) is 14.7. The van der Waals surface area contributed by atoms with Gasteiger partial charge >= 0.3 is 0 Å². The van der Waals surface area contributed by atoms with E-state index >= 15 is 0 Å². The van der Waals surface area contributed by atoms with E-state index in [2.05, 4.69) is 8.75 Å². The van der Waals surface area contributed by atoms with Crippen molar-refractivity contribution in [3.8, 4) is 0 Å². The summed E-state index contributed by atoms with van der Waals surface area (Å²) in [6.45, 7) is 0.799. The SMILES string of the molecule is O=C(c1ccc2nsnc2c1)N1CC(N2C(=O)[C@H]3CC=CC[C@H]3C2=O)C1. The molecule has 5 rings (SSSR count). The lowest BCUT2D eigenvalue weighted by molar-refractivity contribution is -0.145. The number of aromatic nitrogens is 2. The minimum atomic E-state index is -0.211. The van der Waals surface area contributed by atoms with Crippen molar-refractivity contribution in [1.29, 1.82) is 0 Å². The fourth-order valence-electron chi connectivity index (χ4n) is 4.07. The molecule has 2 atom stereocenters. The summed E-state index contributed by atoms with van der Waals surface area (Å²) in [4.78, 5) is 40.9. The summed E-state index contributed by atoms with van der Waals surface area (Å²) in [6.07, 6.45) is 5.25. The normalized spacial score (nSPS) is 25.7. The molecule has 0 spiro atoms. The third kappa shape index (κ3) is 2.21.